The fraction of sp³-hybridized carbons (Fsp3) is 0. The summed E-state index contributed by atoms with van der Waals surface area (Å²) in [4.78, 5) is 2.38. The van der Waals surface area contributed by atoms with Crippen LogP contribution in [-0.4, -0.2) is 4.57 Å². The second kappa shape index (κ2) is 13.4. The largest absolute Gasteiger partial charge is 0.456 e. The lowest BCUT2D eigenvalue weighted by atomic mass is 9.94. The summed E-state index contributed by atoms with van der Waals surface area (Å²) in [6, 6.07) is 78.7. The first-order valence-electron chi connectivity index (χ1n) is 20.2. The summed E-state index contributed by atoms with van der Waals surface area (Å²) in [6.07, 6.45) is 0. The van der Waals surface area contributed by atoms with Crippen LogP contribution in [0.5, 0.6) is 0 Å². The van der Waals surface area contributed by atoms with E-state index in [1.807, 2.05) is 0 Å². The van der Waals surface area contributed by atoms with E-state index in [9.17, 15) is 0 Å². The molecule has 59 heavy (non-hydrogen) atoms. The molecule has 0 fully saturated rings. The van der Waals surface area contributed by atoms with E-state index >= 15 is 0 Å². The predicted molar refractivity (Wildman–Crippen MR) is 249 cm³/mol. The summed E-state index contributed by atoms with van der Waals surface area (Å²) in [5, 5.41) is 9.42. The number of hydrogen-bond donors (Lipinski definition) is 0. The van der Waals surface area contributed by atoms with Gasteiger partial charge in [-0.2, -0.15) is 0 Å². The molecule has 0 saturated heterocycles. The SMILES string of the molecule is c1ccc(-c2ccc(N(c3ccc4ccccc4c3)c3cc(-c4cccc5c6ccccc6n(-c6ccccc6)c45)c4c(c3)oc3ccc5ccccc5c34)cc2)cc1. The summed E-state index contributed by atoms with van der Waals surface area (Å²) in [5.74, 6) is 0. The fourth-order valence-electron chi connectivity index (χ4n) is 9.27. The maximum atomic E-state index is 6.98. The van der Waals surface area contributed by atoms with Crippen LogP contribution in [0.1, 0.15) is 0 Å². The first kappa shape index (κ1) is 33.3. The van der Waals surface area contributed by atoms with Crippen LogP contribution in [0.3, 0.4) is 0 Å². The number of nitrogens with zero attached hydrogens (tertiary/aromatic N) is 2. The summed E-state index contributed by atoms with van der Waals surface area (Å²) in [6.45, 7) is 0. The van der Waals surface area contributed by atoms with Crippen molar-refractivity contribution in [2.24, 2.45) is 0 Å². The van der Waals surface area contributed by atoms with Gasteiger partial charge in [-0.1, -0.05) is 158 Å². The van der Waals surface area contributed by atoms with Crippen molar-refractivity contribution in [3.8, 4) is 27.9 Å². The molecular formula is C56H36N2O. The number of fused-ring (bicyclic) bond motifs is 9. The Balaban J connectivity index is 1.20. The predicted octanol–water partition coefficient (Wildman–Crippen LogP) is 15.8. The van der Waals surface area contributed by atoms with Gasteiger partial charge in [-0.15, -0.1) is 0 Å². The van der Waals surface area contributed by atoms with Gasteiger partial charge in [0.15, 0.2) is 0 Å². The van der Waals surface area contributed by atoms with Crippen LogP contribution in [0, 0.1) is 0 Å². The van der Waals surface area contributed by atoms with Gasteiger partial charge in [0.2, 0.25) is 0 Å². The van der Waals surface area contributed by atoms with E-state index in [0.717, 1.165) is 61.3 Å². The van der Waals surface area contributed by atoms with Crippen molar-refractivity contribution in [3.05, 3.63) is 218 Å². The molecule has 12 aromatic rings. The van der Waals surface area contributed by atoms with Gasteiger partial charge in [-0.3, -0.25) is 0 Å². The highest BCUT2D eigenvalue weighted by Crippen LogP contribution is 2.48. The standard InChI is InChI=1S/C56H36N2O/c1-3-14-37(15-4-1)39-26-30-43(31-27-39)57(44-32-28-38-16-7-8-18-41(38)34-44)45-35-50(55-53(36-45)59-52-33-29-40-17-9-10-21-46(40)54(52)55)49-24-13-23-48-47-22-11-12-25-51(47)58(56(48)49)42-19-5-2-6-20-42/h1-36H. The van der Waals surface area contributed by atoms with Crippen molar-refractivity contribution in [2.75, 3.05) is 4.90 Å². The van der Waals surface area contributed by atoms with E-state index in [-0.39, 0.29) is 0 Å². The maximum absolute atomic E-state index is 6.98. The zero-order valence-corrected chi connectivity index (χ0v) is 32.1. The first-order valence-corrected chi connectivity index (χ1v) is 20.2. The van der Waals surface area contributed by atoms with Crippen molar-refractivity contribution < 1.29 is 4.42 Å². The van der Waals surface area contributed by atoms with Crippen molar-refractivity contribution >= 4 is 82.4 Å². The number of anilines is 3. The van der Waals surface area contributed by atoms with Crippen LogP contribution < -0.4 is 4.90 Å². The smallest absolute Gasteiger partial charge is 0.138 e. The van der Waals surface area contributed by atoms with Crippen LogP contribution in [0.2, 0.25) is 0 Å². The summed E-state index contributed by atoms with van der Waals surface area (Å²) in [5.41, 5.74) is 12.9. The van der Waals surface area contributed by atoms with Crippen LogP contribution in [0.25, 0.3) is 93.2 Å². The Morgan fingerprint density at radius 3 is 1.83 bits per heavy atom. The molecule has 3 nitrogen and oxygen atoms in total. The molecule has 0 aliphatic heterocycles. The molecule has 2 heterocycles. The van der Waals surface area contributed by atoms with Gasteiger partial charge in [-0.05, 0) is 92.8 Å². The number of para-hydroxylation sites is 3. The highest BCUT2D eigenvalue weighted by molar-refractivity contribution is 6.25. The highest BCUT2D eigenvalue weighted by Gasteiger charge is 2.24. The molecule has 12 rings (SSSR count). The van der Waals surface area contributed by atoms with Gasteiger partial charge in [0.05, 0.1) is 16.7 Å². The molecule has 10 aromatic carbocycles. The third-order valence-electron chi connectivity index (χ3n) is 11.9. The lowest BCUT2D eigenvalue weighted by molar-refractivity contribution is 0.669. The van der Waals surface area contributed by atoms with E-state index in [1.54, 1.807) is 0 Å². The van der Waals surface area contributed by atoms with Crippen LogP contribution in [0.4, 0.5) is 17.1 Å². The van der Waals surface area contributed by atoms with E-state index in [0.29, 0.717) is 0 Å². The second-order valence-corrected chi connectivity index (χ2v) is 15.3. The molecule has 3 heteroatoms. The lowest BCUT2D eigenvalue weighted by Gasteiger charge is -2.27. The Morgan fingerprint density at radius 1 is 0.356 bits per heavy atom. The second-order valence-electron chi connectivity index (χ2n) is 15.3. The Labute approximate surface area is 341 Å². The average molecular weight is 753 g/mol. The Morgan fingerprint density at radius 2 is 1.00 bits per heavy atom. The van der Waals surface area contributed by atoms with Crippen molar-refractivity contribution in [1.82, 2.24) is 4.57 Å². The molecule has 2 aromatic heterocycles. The first-order chi connectivity index (χ1) is 29.3. The van der Waals surface area contributed by atoms with Gasteiger partial charge in [-0.25, -0.2) is 0 Å². The van der Waals surface area contributed by atoms with Crippen LogP contribution in [-0.2, 0) is 0 Å². The number of rotatable bonds is 6. The molecule has 0 aliphatic rings. The molecule has 0 bridgehead atoms. The Bertz CT molecular complexity index is 3540. The topological polar surface area (TPSA) is 21.3 Å². The monoisotopic (exact) mass is 752 g/mol. The van der Waals surface area contributed by atoms with Crippen molar-refractivity contribution in [3.63, 3.8) is 0 Å². The lowest BCUT2D eigenvalue weighted by Crippen LogP contribution is -2.10. The highest BCUT2D eigenvalue weighted by atomic mass is 16.3. The molecule has 0 N–H and O–H groups in total. The molecule has 0 saturated carbocycles. The molecule has 0 atom stereocenters. The van der Waals surface area contributed by atoms with E-state index < -0.39 is 0 Å². The quantitative estimate of drug-likeness (QED) is 0.169. The maximum Gasteiger partial charge on any atom is 0.138 e. The van der Waals surface area contributed by atoms with Gasteiger partial charge in [0.25, 0.3) is 0 Å². The minimum Gasteiger partial charge on any atom is -0.456 e. The molecule has 0 unspecified atom stereocenters. The van der Waals surface area contributed by atoms with Crippen LogP contribution >= 0.6 is 0 Å². The minimum absolute atomic E-state index is 0.843. The van der Waals surface area contributed by atoms with Gasteiger partial charge < -0.3 is 13.9 Å². The van der Waals surface area contributed by atoms with E-state index in [1.165, 1.54) is 49.0 Å². The average Bonchev–Trinajstić information content (AvgIpc) is 3.86. The zero-order chi connectivity index (χ0) is 38.9. The van der Waals surface area contributed by atoms with Gasteiger partial charge in [0, 0.05) is 50.2 Å². The molecule has 0 radical (unpaired) electrons. The summed E-state index contributed by atoms with van der Waals surface area (Å²) < 4.78 is 9.42. The fourth-order valence-corrected chi connectivity index (χ4v) is 9.27. The molecule has 276 valence electrons. The summed E-state index contributed by atoms with van der Waals surface area (Å²) >= 11 is 0. The van der Waals surface area contributed by atoms with E-state index in [4.69, 9.17) is 4.42 Å². The van der Waals surface area contributed by atoms with E-state index in [2.05, 4.69) is 228 Å². The third kappa shape index (κ3) is 5.36. The number of furan rings is 1. The third-order valence-corrected chi connectivity index (χ3v) is 11.9. The molecule has 0 aliphatic carbocycles. The van der Waals surface area contributed by atoms with Crippen LogP contribution in [0.15, 0.2) is 223 Å². The minimum atomic E-state index is 0.843. The number of hydrogen-bond acceptors (Lipinski definition) is 2. The molecule has 0 spiro atoms. The van der Waals surface area contributed by atoms with Crippen molar-refractivity contribution in [2.45, 2.75) is 0 Å². The van der Waals surface area contributed by atoms with Gasteiger partial charge in [0.1, 0.15) is 11.2 Å². The molecular weight excluding hydrogens is 717 g/mol. The Kier molecular flexibility index (Phi) is 7.54. The van der Waals surface area contributed by atoms with Gasteiger partial charge >= 0.3 is 0 Å². The Hall–Kier alpha value is -7.88. The van der Waals surface area contributed by atoms with Crippen molar-refractivity contribution in [1.29, 1.82) is 0 Å². The summed E-state index contributed by atoms with van der Waals surface area (Å²) in [7, 11) is 0. The number of aromatic nitrogens is 1. The molecule has 0 amide bonds. The normalized spacial score (nSPS) is 11.7. The zero-order valence-electron chi connectivity index (χ0n) is 32.1. The number of benzene rings is 10.